The molecule has 0 saturated carbocycles. The smallest absolute Gasteiger partial charge is 0.241 e. The summed E-state index contributed by atoms with van der Waals surface area (Å²) in [5.41, 5.74) is 0.424. The molecular formula is C19H23NO3S. The van der Waals surface area contributed by atoms with Crippen LogP contribution in [0.1, 0.15) is 43.9 Å². The molecule has 1 unspecified atom stereocenters. The molecule has 0 spiro atoms. The average Bonchev–Trinajstić information content (AvgIpc) is 2.84. The third-order valence-corrected chi connectivity index (χ3v) is 6.10. The maximum atomic E-state index is 12.9. The second kappa shape index (κ2) is 5.69. The third-order valence-electron chi connectivity index (χ3n) is 4.28. The van der Waals surface area contributed by atoms with Crippen molar-refractivity contribution < 1.29 is 13.5 Å². The highest BCUT2D eigenvalue weighted by Crippen LogP contribution is 2.44. The molecule has 0 saturated heterocycles. The van der Waals surface area contributed by atoms with Gasteiger partial charge >= 0.3 is 0 Å². The summed E-state index contributed by atoms with van der Waals surface area (Å²) < 4.78 is 28.4. The van der Waals surface area contributed by atoms with Crippen molar-refractivity contribution in [2.45, 2.75) is 49.6 Å². The second-order valence-corrected chi connectivity index (χ2v) is 9.02. The quantitative estimate of drug-likeness (QED) is 0.899. The zero-order valence-electron chi connectivity index (χ0n) is 14.2. The van der Waals surface area contributed by atoms with E-state index in [9.17, 15) is 13.5 Å². The molecular weight excluding hydrogens is 322 g/mol. The number of rotatable bonds is 3. The molecule has 1 aliphatic carbocycles. The van der Waals surface area contributed by atoms with E-state index in [1.54, 1.807) is 45.0 Å². The number of aliphatic hydroxyl groups is 1. The number of hydrogen-bond donors (Lipinski definition) is 2. The molecule has 0 aliphatic heterocycles. The first-order valence-electron chi connectivity index (χ1n) is 8.08. The van der Waals surface area contributed by atoms with Gasteiger partial charge in [0.05, 0.1) is 4.90 Å². The zero-order valence-corrected chi connectivity index (χ0v) is 15.0. The molecule has 1 atom stereocenters. The fourth-order valence-electron chi connectivity index (χ4n) is 3.37. The summed E-state index contributed by atoms with van der Waals surface area (Å²) in [6, 6.07) is 14.4. The summed E-state index contributed by atoms with van der Waals surface area (Å²) in [6.45, 7) is 5.40. The van der Waals surface area contributed by atoms with Crippen LogP contribution in [0.3, 0.4) is 0 Å². The Morgan fingerprint density at radius 2 is 1.58 bits per heavy atom. The zero-order chi connectivity index (χ0) is 17.6. The van der Waals surface area contributed by atoms with Crippen molar-refractivity contribution in [1.82, 2.24) is 4.72 Å². The van der Waals surface area contributed by atoms with Gasteiger partial charge in [0.1, 0.15) is 5.60 Å². The highest BCUT2D eigenvalue weighted by atomic mass is 32.2. The van der Waals surface area contributed by atoms with Crippen molar-refractivity contribution in [3.05, 3.63) is 65.2 Å². The van der Waals surface area contributed by atoms with E-state index >= 15 is 0 Å². The Hall–Kier alpha value is -1.69. The number of hydrogen-bond acceptors (Lipinski definition) is 3. The lowest BCUT2D eigenvalue weighted by atomic mass is 9.88. The van der Waals surface area contributed by atoms with E-state index in [-0.39, 0.29) is 4.90 Å². The predicted octanol–water partition coefficient (Wildman–Crippen LogP) is 2.95. The van der Waals surface area contributed by atoms with Gasteiger partial charge in [0, 0.05) is 11.1 Å². The average molecular weight is 345 g/mol. The molecule has 0 bridgehead atoms. The fourth-order valence-corrected chi connectivity index (χ4v) is 5.07. The molecule has 128 valence electrons. The Morgan fingerprint density at radius 3 is 2.25 bits per heavy atom. The summed E-state index contributed by atoms with van der Waals surface area (Å²) in [5, 5.41) is 11.4. The van der Waals surface area contributed by atoms with Crippen molar-refractivity contribution in [2.75, 3.05) is 0 Å². The lowest BCUT2D eigenvalue weighted by molar-refractivity contribution is 0.0799. The number of fused-ring (bicyclic) bond motifs is 1. The van der Waals surface area contributed by atoms with Crippen LogP contribution in [-0.2, 0) is 22.0 Å². The highest BCUT2D eigenvalue weighted by Gasteiger charge is 2.41. The van der Waals surface area contributed by atoms with Crippen LogP contribution in [0.4, 0.5) is 0 Å². The first-order valence-corrected chi connectivity index (χ1v) is 9.56. The van der Waals surface area contributed by atoms with Gasteiger partial charge in [-0.1, -0.05) is 42.5 Å². The Balaban J connectivity index is 2.15. The first-order chi connectivity index (χ1) is 11.1. The maximum Gasteiger partial charge on any atom is 0.241 e. The van der Waals surface area contributed by atoms with E-state index in [1.165, 1.54) is 0 Å². The second-order valence-electron chi connectivity index (χ2n) is 7.37. The molecule has 1 aliphatic rings. The minimum Gasteiger partial charge on any atom is -0.380 e. The Bertz CT molecular complexity index is 868. The minimum absolute atomic E-state index is 0.138. The summed E-state index contributed by atoms with van der Waals surface area (Å²) in [6.07, 6.45) is 1.21. The van der Waals surface area contributed by atoms with Crippen molar-refractivity contribution in [2.24, 2.45) is 0 Å². The first kappa shape index (κ1) is 17.1. The van der Waals surface area contributed by atoms with Crippen LogP contribution < -0.4 is 4.72 Å². The number of nitrogens with one attached hydrogen (secondary N) is 1. The molecule has 4 nitrogen and oxygen atoms in total. The molecule has 0 amide bonds. The van der Waals surface area contributed by atoms with Gasteiger partial charge in [-0.25, -0.2) is 13.1 Å². The van der Waals surface area contributed by atoms with Gasteiger partial charge in [-0.3, -0.25) is 0 Å². The van der Waals surface area contributed by atoms with Crippen LogP contribution in [0.25, 0.3) is 0 Å². The number of aryl methyl sites for hydroxylation is 1. The molecule has 5 heteroatoms. The Labute approximate surface area is 143 Å². The van der Waals surface area contributed by atoms with Crippen molar-refractivity contribution in [1.29, 1.82) is 0 Å². The van der Waals surface area contributed by atoms with Crippen LogP contribution in [0.15, 0.2) is 53.4 Å². The normalized spacial score (nSPS) is 20.8. The Morgan fingerprint density at radius 1 is 1.00 bits per heavy atom. The van der Waals surface area contributed by atoms with E-state index in [0.29, 0.717) is 12.0 Å². The van der Waals surface area contributed by atoms with E-state index in [0.717, 1.165) is 17.5 Å². The molecule has 0 aromatic heterocycles. The van der Waals surface area contributed by atoms with Gasteiger partial charge in [-0.15, -0.1) is 0 Å². The van der Waals surface area contributed by atoms with Crippen molar-refractivity contribution in [3.8, 4) is 0 Å². The van der Waals surface area contributed by atoms with Crippen LogP contribution in [0, 0.1) is 0 Å². The highest BCUT2D eigenvalue weighted by molar-refractivity contribution is 7.89. The summed E-state index contributed by atoms with van der Waals surface area (Å²) >= 11 is 0. The van der Waals surface area contributed by atoms with E-state index in [1.807, 2.05) is 24.3 Å². The summed E-state index contributed by atoms with van der Waals surface area (Å²) in [4.78, 5) is 0.138. The van der Waals surface area contributed by atoms with E-state index < -0.39 is 21.2 Å². The SMILES string of the molecule is CC(C)(C)NS(=O)(=O)c1ccccc1C1(O)CCc2ccccc21. The van der Waals surface area contributed by atoms with Crippen LogP contribution in [-0.4, -0.2) is 19.1 Å². The van der Waals surface area contributed by atoms with E-state index in [4.69, 9.17) is 0 Å². The molecule has 0 heterocycles. The molecule has 2 aromatic rings. The molecule has 0 fully saturated rings. The van der Waals surface area contributed by atoms with Crippen molar-refractivity contribution >= 4 is 10.0 Å². The molecule has 0 radical (unpaired) electrons. The lowest BCUT2D eigenvalue weighted by Gasteiger charge is -2.28. The van der Waals surface area contributed by atoms with Gasteiger partial charge in [-0.05, 0) is 50.8 Å². The lowest BCUT2D eigenvalue weighted by Crippen LogP contribution is -2.41. The van der Waals surface area contributed by atoms with Crippen LogP contribution >= 0.6 is 0 Å². The molecule has 2 N–H and O–H groups in total. The molecule has 2 aromatic carbocycles. The van der Waals surface area contributed by atoms with Gasteiger partial charge in [0.25, 0.3) is 0 Å². The third kappa shape index (κ3) is 2.99. The minimum atomic E-state index is -3.74. The monoisotopic (exact) mass is 345 g/mol. The maximum absolute atomic E-state index is 12.9. The van der Waals surface area contributed by atoms with Gasteiger partial charge < -0.3 is 5.11 Å². The molecule has 3 rings (SSSR count). The summed E-state index contributed by atoms with van der Waals surface area (Å²) in [5.74, 6) is 0. The number of benzene rings is 2. The topological polar surface area (TPSA) is 66.4 Å². The fraction of sp³-hybridized carbons (Fsp3) is 0.368. The van der Waals surface area contributed by atoms with Crippen LogP contribution in [0.5, 0.6) is 0 Å². The molecule has 24 heavy (non-hydrogen) atoms. The van der Waals surface area contributed by atoms with Gasteiger partial charge in [-0.2, -0.15) is 0 Å². The number of sulfonamides is 1. The van der Waals surface area contributed by atoms with Gasteiger partial charge in [0.2, 0.25) is 10.0 Å². The largest absolute Gasteiger partial charge is 0.380 e. The van der Waals surface area contributed by atoms with Gasteiger partial charge in [0.15, 0.2) is 0 Å². The van der Waals surface area contributed by atoms with E-state index in [2.05, 4.69) is 4.72 Å². The Kier molecular flexibility index (Phi) is 4.06. The van der Waals surface area contributed by atoms with Crippen molar-refractivity contribution in [3.63, 3.8) is 0 Å². The standard InChI is InChI=1S/C19H23NO3S/c1-18(2,3)20-24(22,23)17-11-7-6-10-16(17)19(21)13-12-14-8-4-5-9-15(14)19/h4-11,20-21H,12-13H2,1-3H3. The predicted molar refractivity (Wildman–Crippen MR) is 94.3 cm³/mol. The van der Waals surface area contributed by atoms with Crippen LogP contribution in [0.2, 0.25) is 0 Å². The summed E-state index contributed by atoms with van der Waals surface area (Å²) in [7, 11) is -3.74.